The average Bonchev–Trinajstić information content (AvgIpc) is 3.68. The number of nitrogens with zero attached hydrogens (tertiary/aromatic N) is 6. The van der Waals surface area contributed by atoms with Crippen LogP contribution in [0.1, 0.15) is 51.5 Å². The van der Waals surface area contributed by atoms with E-state index in [1.165, 1.54) is 33.4 Å². The molecule has 3 aromatic carbocycles. The monoisotopic (exact) mass is 484 g/mol. The van der Waals surface area contributed by atoms with Crippen molar-refractivity contribution in [3.05, 3.63) is 143 Å². The third-order valence-electron chi connectivity index (χ3n) is 8.84. The van der Waals surface area contributed by atoms with Crippen LogP contribution in [0.2, 0.25) is 0 Å². The lowest BCUT2D eigenvalue weighted by Gasteiger charge is -2.45. The largest absolute Gasteiger partial charge is 0.347 e. The first kappa shape index (κ1) is 19.8. The first-order valence-corrected chi connectivity index (χ1v) is 13.2. The normalized spacial score (nSPS) is 27.6. The molecule has 37 heavy (non-hydrogen) atoms. The maximum absolute atomic E-state index is 2.51. The Morgan fingerprint density at radius 2 is 0.649 bits per heavy atom. The van der Waals surface area contributed by atoms with Crippen molar-refractivity contribution >= 4 is 0 Å². The lowest BCUT2D eigenvalue weighted by atomic mass is 9.86. The van der Waals surface area contributed by atoms with Crippen LogP contribution in [0.5, 0.6) is 0 Å². The van der Waals surface area contributed by atoms with E-state index in [1.807, 2.05) is 0 Å². The second kappa shape index (κ2) is 7.13. The van der Waals surface area contributed by atoms with E-state index in [4.69, 9.17) is 0 Å². The number of hydrogen-bond acceptors (Lipinski definition) is 6. The third kappa shape index (κ3) is 2.75. The zero-order valence-electron chi connectivity index (χ0n) is 20.5. The van der Waals surface area contributed by atoms with Crippen molar-refractivity contribution < 1.29 is 0 Å². The van der Waals surface area contributed by atoms with Crippen molar-refractivity contribution in [1.29, 1.82) is 0 Å². The third-order valence-corrected chi connectivity index (χ3v) is 8.84. The molecule has 0 amide bonds. The van der Waals surface area contributed by atoms with Crippen LogP contribution >= 0.6 is 0 Å². The van der Waals surface area contributed by atoms with Crippen LogP contribution in [0.25, 0.3) is 0 Å². The molecule has 6 heterocycles. The summed E-state index contributed by atoms with van der Waals surface area (Å²) >= 11 is 0. The fourth-order valence-corrected chi connectivity index (χ4v) is 7.31. The summed E-state index contributed by atoms with van der Waals surface area (Å²) in [6.07, 6.45) is 13.9. The second-order valence-corrected chi connectivity index (χ2v) is 11.0. The molecule has 3 aromatic rings. The van der Waals surface area contributed by atoms with Crippen LogP contribution in [0.3, 0.4) is 0 Å². The number of benzene rings is 3. The van der Waals surface area contributed by atoms with Crippen molar-refractivity contribution in [3.63, 3.8) is 0 Å². The van der Waals surface area contributed by atoms with E-state index in [-0.39, 0.29) is 24.4 Å². The van der Waals surface area contributed by atoms with Crippen molar-refractivity contribution in [2.24, 2.45) is 0 Å². The van der Waals surface area contributed by atoms with Crippen LogP contribution < -0.4 is 0 Å². The van der Waals surface area contributed by atoms with Gasteiger partial charge < -0.3 is 29.4 Å². The molecule has 6 aliphatic heterocycles. The Bertz CT molecular complexity index is 1270. The SMILES string of the molecule is C1=CN2CN1C1c3cccc(c3)C3c4cccc(c4)C(c4cccc1c4)N1C=CN(C1)C2N1C=CN3C1. The van der Waals surface area contributed by atoms with Crippen LogP contribution in [-0.2, 0) is 0 Å². The molecule has 10 rings (SSSR count). The van der Waals surface area contributed by atoms with Gasteiger partial charge in [-0.1, -0.05) is 72.8 Å². The van der Waals surface area contributed by atoms with Gasteiger partial charge in [0.25, 0.3) is 0 Å². The van der Waals surface area contributed by atoms with Crippen molar-refractivity contribution in [1.82, 2.24) is 29.4 Å². The van der Waals surface area contributed by atoms with Gasteiger partial charge in [0, 0.05) is 37.2 Å². The van der Waals surface area contributed by atoms with Crippen LogP contribution in [0.15, 0.2) is 110 Å². The molecule has 16 bridgehead atoms. The highest BCUT2D eigenvalue weighted by molar-refractivity contribution is 5.46. The standard InChI is InChI=1S/C31H28N6/c1-4-22-16-23(5-1)29-25-7-3-9-27(18-25)30-26-8-2-6-24(17-26)28(22)32-10-13-35(19-32)31(36-14-11-33(29)20-36)37-15-12-34(30)21-37/h1-18,28-31H,19-21H2. The predicted molar refractivity (Wildman–Crippen MR) is 142 cm³/mol. The Kier molecular flexibility index (Phi) is 3.82. The Labute approximate surface area is 217 Å². The molecular weight excluding hydrogens is 456 g/mol. The molecule has 0 spiro atoms. The molecule has 0 N–H and O–H groups in total. The highest BCUT2D eigenvalue weighted by Crippen LogP contribution is 2.43. The quantitative estimate of drug-likeness (QED) is 0.457. The minimum absolute atomic E-state index is 0.0963. The van der Waals surface area contributed by atoms with E-state index in [9.17, 15) is 0 Å². The molecule has 0 fully saturated rings. The van der Waals surface area contributed by atoms with Gasteiger partial charge in [0.15, 0.2) is 6.29 Å². The lowest BCUT2D eigenvalue weighted by molar-refractivity contribution is -0.0290. The molecule has 0 atom stereocenters. The average molecular weight is 485 g/mol. The van der Waals surface area contributed by atoms with E-state index < -0.39 is 0 Å². The summed E-state index contributed by atoms with van der Waals surface area (Å²) in [5, 5.41) is 0. The molecule has 7 aliphatic rings. The minimum Gasteiger partial charge on any atom is -0.347 e. The maximum Gasteiger partial charge on any atom is 0.184 e. The second-order valence-electron chi connectivity index (χ2n) is 11.0. The summed E-state index contributed by atoms with van der Waals surface area (Å²) in [7, 11) is 0. The van der Waals surface area contributed by atoms with Gasteiger partial charge in [0.05, 0.1) is 38.1 Å². The van der Waals surface area contributed by atoms with Crippen LogP contribution in [0.4, 0.5) is 0 Å². The smallest absolute Gasteiger partial charge is 0.184 e. The van der Waals surface area contributed by atoms with E-state index in [1.54, 1.807) is 0 Å². The van der Waals surface area contributed by atoms with Gasteiger partial charge in [0.2, 0.25) is 0 Å². The van der Waals surface area contributed by atoms with Gasteiger partial charge in [-0.25, -0.2) is 0 Å². The molecule has 182 valence electrons. The molecule has 6 heteroatoms. The van der Waals surface area contributed by atoms with Gasteiger partial charge >= 0.3 is 0 Å². The Balaban J connectivity index is 1.42. The maximum atomic E-state index is 2.51. The number of rotatable bonds is 0. The van der Waals surface area contributed by atoms with E-state index in [2.05, 4.69) is 139 Å². The summed E-state index contributed by atoms with van der Waals surface area (Å²) in [4.78, 5) is 15.0. The van der Waals surface area contributed by atoms with Crippen LogP contribution in [-0.4, -0.2) is 55.7 Å². The summed E-state index contributed by atoms with van der Waals surface area (Å²) in [5.74, 6) is 0. The molecule has 0 saturated heterocycles. The Morgan fingerprint density at radius 3 is 0.946 bits per heavy atom. The number of hydrogen-bond donors (Lipinski definition) is 0. The first-order chi connectivity index (χ1) is 18.3. The summed E-state index contributed by atoms with van der Waals surface area (Å²) < 4.78 is 0. The van der Waals surface area contributed by atoms with Crippen molar-refractivity contribution in [3.8, 4) is 0 Å². The zero-order chi connectivity index (χ0) is 24.1. The first-order valence-electron chi connectivity index (χ1n) is 13.2. The fourth-order valence-electron chi connectivity index (χ4n) is 7.31. The summed E-state index contributed by atoms with van der Waals surface area (Å²) in [5.41, 5.74) is 8.06. The van der Waals surface area contributed by atoms with Crippen molar-refractivity contribution in [2.45, 2.75) is 24.4 Å². The Hall–Kier alpha value is -4.32. The summed E-state index contributed by atoms with van der Waals surface area (Å²) in [6.45, 7) is 2.51. The zero-order valence-corrected chi connectivity index (χ0v) is 20.5. The Morgan fingerprint density at radius 1 is 0.378 bits per heavy atom. The lowest BCUT2D eigenvalue weighted by Crippen LogP contribution is -2.55. The van der Waals surface area contributed by atoms with E-state index >= 15 is 0 Å². The van der Waals surface area contributed by atoms with E-state index in [0.29, 0.717) is 0 Å². The highest BCUT2D eigenvalue weighted by atomic mass is 15.6. The van der Waals surface area contributed by atoms with Crippen molar-refractivity contribution in [2.75, 3.05) is 20.0 Å². The van der Waals surface area contributed by atoms with Gasteiger partial charge in [0.1, 0.15) is 0 Å². The predicted octanol–water partition coefficient (Wildman–Crippen LogP) is 4.72. The molecule has 0 aromatic heterocycles. The summed E-state index contributed by atoms with van der Waals surface area (Å²) in [6, 6.07) is 28.4. The van der Waals surface area contributed by atoms with Gasteiger partial charge in [-0.05, 0) is 33.4 Å². The topological polar surface area (TPSA) is 19.4 Å². The molecule has 1 aliphatic carbocycles. The van der Waals surface area contributed by atoms with Gasteiger partial charge in [-0.3, -0.25) is 0 Å². The molecular formula is C31H28N6. The van der Waals surface area contributed by atoms with Gasteiger partial charge in [-0.2, -0.15) is 0 Å². The van der Waals surface area contributed by atoms with E-state index in [0.717, 1.165) is 20.0 Å². The molecule has 0 unspecified atom stereocenters. The van der Waals surface area contributed by atoms with Gasteiger partial charge in [-0.15, -0.1) is 0 Å². The fraction of sp³-hybridized carbons (Fsp3) is 0.226. The molecule has 0 saturated carbocycles. The molecule has 0 radical (unpaired) electrons. The highest BCUT2D eigenvalue weighted by Gasteiger charge is 2.40. The van der Waals surface area contributed by atoms with Crippen LogP contribution in [0, 0.1) is 0 Å². The minimum atomic E-state index is 0.0963. The molecule has 6 nitrogen and oxygen atoms in total.